The molecule has 2 heteroatoms. The van der Waals surface area contributed by atoms with Crippen LogP contribution < -0.4 is 0 Å². The summed E-state index contributed by atoms with van der Waals surface area (Å²) < 4.78 is 0. The average Bonchev–Trinajstić information content (AvgIpc) is 2.27. The Labute approximate surface area is 94.6 Å². The van der Waals surface area contributed by atoms with Gasteiger partial charge in [0, 0.05) is 11.6 Å². The summed E-state index contributed by atoms with van der Waals surface area (Å²) in [6, 6.07) is 9.69. The van der Waals surface area contributed by atoms with Gasteiger partial charge in [0.1, 0.15) is 5.69 Å². The van der Waals surface area contributed by atoms with E-state index in [9.17, 15) is 4.79 Å². The van der Waals surface area contributed by atoms with Crippen LogP contribution in [0, 0.1) is 0 Å². The van der Waals surface area contributed by atoms with E-state index in [4.69, 9.17) is 0 Å². The third kappa shape index (κ3) is 2.01. The Hall–Kier alpha value is -1.96. The molecule has 1 aromatic heterocycles. The van der Waals surface area contributed by atoms with Crippen LogP contribution in [0.2, 0.25) is 0 Å². The second kappa shape index (κ2) is 4.27. The molecule has 0 bridgehead atoms. The van der Waals surface area contributed by atoms with Crippen molar-refractivity contribution in [1.29, 1.82) is 0 Å². The third-order valence-electron chi connectivity index (χ3n) is 2.33. The molecular formula is C14H13NO. The van der Waals surface area contributed by atoms with Crippen LogP contribution in [0.3, 0.4) is 0 Å². The predicted octanol–water partition coefficient (Wildman–Crippen LogP) is 3.38. The van der Waals surface area contributed by atoms with Crippen LogP contribution in [0.25, 0.3) is 10.8 Å². The Morgan fingerprint density at radius 3 is 2.69 bits per heavy atom. The van der Waals surface area contributed by atoms with E-state index in [1.165, 1.54) is 0 Å². The largest absolute Gasteiger partial charge is 0.288 e. The Morgan fingerprint density at radius 1 is 1.19 bits per heavy atom. The molecule has 1 heterocycles. The number of rotatable bonds is 2. The molecule has 0 saturated carbocycles. The standard InChI is InChI=1S/C14H13NO/c1-10(2)9-13(16)14-12-6-4-3-5-11(12)7-8-15-14/h3-9H,1-2H3. The molecule has 0 aliphatic carbocycles. The fourth-order valence-electron chi connectivity index (χ4n) is 1.65. The Morgan fingerprint density at radius 2 is 1.94 bits per heavy atom. The maximum absolute atomic E-state index is 11.9. The Bertz CT molecular complexity index is 560. The summed E-state index contributed by atoms with van der Waals surface area (Å²) >= 11 is 0. The molecule has 0 unspecified atom stereocenters. The zero-order valence-electron chi connectivity index (χ0n) is 9.40. The van der Waals surface area contributed by atoms with E-state index in [0.717, 1.165) is 16.3 Å². The second-order valence-electron chi connectivity index (χ2n) is 3.97. The molecule has 0 spiro atoms. The molecule has 2 rings (SSSR count). The van der Waals surface area contributed by atoms with Crippen molar-refractivity contribution in [3.8, 4) is 0 Å². The van der Waals surface area contributed by atoms with Crippen LogP contribution in [0.1, 0.15) is 24.3 Å². The van der Waals surface area contributed by atoms with Gasteiger partial charge in [-0.3, -0.25) is 9.78 Å². The van der Waals surface area contributed by atoms with E-state index in [1.807, 2.05) is 44.2 Å². The summed E-state index contributed by atoms with van der Waals surface area (Å²) in [5, 5.41) is 1.95. The molecule has 0 aliphatic heterocycles. The summed E-state index contributed by atoms with van der Waals surface area (Å²) in [7, 11) is 0. The van der Waals surface area contributed by atoms with Gasteiger partial charge in [0.15, 0.2) is 0 Å². The second-order valence-corrected chi connectivity index (χ2v) is 3.97. The third-order valence-corrected chi connectivity index (χ3v) is 2.33. The molecule has 0 fully saturated rings. The van der Waals surface area contributed by atoms with Gasteiger partial charge in [-0.25, -0.2) is 0 Å². The number of hydrogen-bond donors (Lipinski definition) is 0. The number of nitrogens with zero attached hydrogens (tertiary/aromatic N) is 1. The minimum Gasteiger partial charge on any atom is -0.288 e. The number of allylic oxidation sites excluding steroid dienone is 2. The molecule has 1 aromatic carbocycles. The van der Waals surface area contributed by atoms with Crippen molar-refractivity contribution in [3.05, 3.63) is 53.9 Å². The van der Waals surface area contributed by atoms with Gasteiger partial charge in [-0.2, -0.15) is 0 Å². The highest BCUT2D eigenvalue weighted by atomic mass is 16.1. The normalized spacial score (nSPS) is 10.1. The van der Waals surface area contributed by atoms with Crippen LogP contribution in [0.5, 0.6) is 0 Å². The lowest BCUT2D eigenvalue weighted by Gasteiger charge is -2.02. The highest BCUT2D eigenvalue weighted by Crippen LogP contribution is 2.17. The number of pyridine rings is 1. The zero-order chi connectivity index (χ0) is 11.5. The van der Waals surface area contributed by atoms with Crippen LogP contribution in [-0.4, -0.2) is 10.8 Å². The summed E-state index contributed by atoms with van der Waals surface area (Å²) in [4.78, 5) is 16.1. The number of ketones is 1. The SMILES string of the molecule is CC(C)=CC(=O)c1nccc2ccccc12. The number of carbonyl (C=O) groups is 1. The lowest BCUT2D eigenvalue weighted by Crippen LogP contribution is -1.99. The lowest BCUT2D eigenvalue weighted by atomic mass is 10.1. The van der Waals surface area contributed by atoms with Crippen molar-refractivity contribution in [1.82, 2.24) is 4.98 Å². The first-order valence-electron chi connectivity index (χ1n) is 5.21. The monoisotopic (exact) mass is 211 g/mol. The number of fused-ring (bicyclic) bond motifs is 1. The molecule has 0 N–H and O–H groups in total. The first-order valence-corrected chi connectivity index (χ1v) is 5.21. The van der Waals surface area contributed by atoms with Gasteiger partial charge < -0.3 is 0 Å². The van der Waals surface area contributed by atoms with Crippen LogP contribution >= 0.6 is 0 Å². The first-order chi connectivity index (χ1) is 7.68. The molecule has 0 aliphatic rings. The van der Waals surface area contributed by atoms with Gasteiger partial charge in [-0.05, 0) is 31.4 Å². The van der Waals surface area contributed by atoms with E-state index in [0.29, 0.717) is 5.69 Å². The Kier molecular flexibility index (Phi) is 2.82. The van der Waals surface area contributed by atoms with Gasteiger partial charge in [-0.1, -0.05) is 29.8 Å². The first kappa shape index (κ1) is 10.6. The van der Waals surface area contributed by atoms with E-state index >= 15 is 0 Å². The summed E-state index contributed by atoms with van der Waals surface area (Å²) in [6.45, 7) is 3.81. The number of hydrogen-bond acceptors (Lipinski definition) is 2. The van der Waals surface area contributed by atoms with E-state index in [1.54, 1.807) is 12.3 Å². The van der Waals surface area contributed by atoms with E-state index in [-0.39, 0.29) is 5.78 Å². The van der Waals surface area contributed by atoms with Crippen molar-refractivity contribution >= 4 is 16.6 Å². The van der Waals surface area contributed by atoms with Gasteiger partial charge in [0.05, 0.1) is 0 Å². The van der Waals surface area contributed by atoms with E-state index < -0.39 is 0 Å². The fourth-order valence-corrected chi connectivity index (χ4v) is 1.65. The summed E-state index contributed by atoms with van der Waals surface area (Å²) in [5.41, 5.74) is 1.51. The zero-order valence-corrected chi connectivity index (χ0v) is 9.40. The Balaban J connectivity index is 2.61. The molecule has 0 amide bonds. The molecule has 0 radical (unpaired) electrons. The number of benzene rings is 1. The summed E-state index contributed by atoms with van der Waals surface area (Å²) in [5.74, 6) is -0.0307. The minimum atomic E-state index is -0.0307. The van der Waals surface area contributed by atoms with Crippen LogP contribution in [0.15, 0.2) is 48.2 Å². The highest BCUT2D eigenvalue weighted by molar-refractivity contribution is 6.11. The topological polar surface area (TPSA) is 30.0 Å². The molecule has 2 aromatic rings. The van der Waals surface area contributed by atoms with Crippen molar-refractivity contribution in [2.24, 2.45) is 0 Å². The molecule has 0 saturated heterocycles. The highest BCUT2D eigenvalue weighted by Gasteiger charge is 2.08. The van der Waals surface area contributed by atoms with Gasteiger partial charge in [0.25, 0.3) is 0 Å². The maximum atomic E-state index is 11.9. The smallest absolute Gasteiger partial charge is 0.204 e. The predicted molar refractivity (Wildman–Crippen MR) is 65.5 cm³/mol. The van der Waals surface area contributed by atoms with E-state index in [2.05, 4.69) is 4.98 Å². The van der Waals surface area contributed by atoms with Crippen LogP contribution in [0.4, 0.5) is 0 Å². The van der Waals surface area contributed by atoms with Crippen molar-refractivity contribution in [2.75, 3.05) is 0 Å². The quantitative estimate of drug-likeness (QED) is 0.563. The lowest BCUT2D eigenvalue weighted by molar-refractivity contribution is 0.104. The minimum absolute atomic E-state index is 0.0307. The van der Waals surface area contributed by atoms with Crippen molar-refractivity contribution < 1.29 is 4.79 Å². The van der Waals surface area contributed by atoms with Gasteiger partial charge >= 0.3 is 0 Å². The fraction of sp³-hybridized carbons (Fsp3) is 0.143. The number of carbonyl (C=O) groups excluding carboxylic acids is 1. The van der Waals surface area contributed by atoms with Gasteiger partial charge in [-0.15, -0.1) is 0 Å². The summed E-state index contributed by atoms with van der Waals surface area (Å²) in [6.07, 6.45) is 3.29. The molecular weight excluding hydrogens is 198 g/mol. The molecule has 0 atom stereocenters. The molecule has 2 nitrogen and oxygen atoms in total. The average molecular weight is 211 g/mol. The number of aromatic nitrogens is 1. The van der Waals surface area contributed by atoms with Crippen LogP contribution in [-0.2, 0) is 0 Å². The molecule has 16 heavy (non-hydrogen) atoms. The molecule has 80 valence electrons. The van der Waals surface area contributed by atoms with Gasteiger partial charge in [0.2, 0.25) is 5.78 Å². The van der Waals surface area contributed by atoms with Crippen molar-refractivity contribution in [2.45, 2.75) is 13.8 Å². The van der Waals surface area contributed by atoms with Crippen molar-refractivity contribution in [3.63, 3.8) is 0 Å². The maximum Gasteiger partial charge on any atom is 0.204 e.